The molecule has 5 N–H and O–H groups in total. The van der Waals surface area contributed by atoms with E-state index in [1.54, 1.807) is 12.1 Å². The maximum atomic E-state index is 14.1. The number of nitrogens with two attached hydrogens (primary N) is 1. The molecule has 0 spiro atoms. The molecule has 0 aromatic heterocycles. The van der Waals surface area contributed by atoms with Gasteiger partial charge < -0.3 is 21.4 Å². The van der Waals surface area contributed by atoms with Gasteiger partial charge in [-0.25, -0.2) is 4.39 Å². The molecule has 1 aliphatic rings. The summed E-state index contributed by atoms with van der Waals surface area (Å²) in [5.74, 6) is -0.729. The zero-order chi connectivity index (χ0) is 13.9. The minimum Gasteiger partial charge on any atom is -0.409 e. The molecule has 19 heavy (non-hydrogen) atoms. The normalized spacial score (nSPS) is 17.5. The van der Waals surface area contributed by atoms with Crippen molar-refractivity contribution in [3.8, 4) is 0 Å². The van der Waals surface area contributed by atoms with E-state index in [1.165, 1.54) is 6.07 Å². The second-order valence-corrected chi connectivity index (χ2v) is 5.03. The molecular formula is C13H18FN3O2. The molecule has 6 heteroatoms. The maximum Gasteiger partial charge on any atom is 0.173 e. The molecule has 1 aliphatic carbocycles. The van der Waals surface area contributed by atoms with E-state index >= 15 is 0 Å². The average molecular weight is 267 g/mol. The van der Waals surface area contributed by atoms with Gasteiger partial charge in [-0.2, -0.15) is 0 Å². The maximum absolute atomic E-state index is 14.1. The Morgan fingerprint density at radius 2 is 2.21 bits per heavy atom. The van der Waals surface area contributed by atoms with E-state index in [2.05, 4.69) is 10.5 Å². The first kappa shape index (κ1) is 13.8. The van der Waals surface area contributed by atoms with E-state index < -0.39 is 5.82 Å². The van der Waals surface area contributed by atoms with Crippen LogP contribution in [0.1, 0.15) is 24.0 Å². The molecule has 0 radical (unpaired) electrons. The molecule has 0 saturated heterocycles. The number of hydrogen-bond donors (Lipinski definition) is 4. The second kappa shape index (κ2) is 5.54. The van der Waals surface area contributed by atoms with E-state index in [1.807, 2.05) is 0 Å². The third-order valence-electron chi connectivity index (χ3n) is 3.57. The van der Waals surface area contributed by atoms with Crippen molar-refractivity contribution in [3.63, 3.8) is 0 Å². The van der Waals surface area contributed by atoms with Gasteiger partial charge >= 0.3 is 0 Å². The van der Waals surface area contributed by atoms with Crippen molar-refractivity contribution in [2.24, 2.45) is 16.3 Å². The molecule has 0 atom stereocenters. The second-order valence-electron chi connectivity index (χ2n) is 5.03. The predicted molar refractivity (Wildman–Crippen MR) is 69.4 cm³/mol. The molecule has 1 aromatic carbocycles. The smallest absolute Gasteiger partial charge is 0.173 e. The Morgan fingerprint density at radius 1 is 1.47 bits per heavy atom. The Kier molecular flexibility index (Phi) is 4.01. The van der Waals surface area contributed by atoms with E-state index in [0.29, 0.717) is 18.7 Å². The molecule has 1 aromatic rings. The van der Waals surface area contributed by atoms with Crippen LogP contribution in [0.5, 0.6) is 0 Å². The summed E-state index contributed by atoms with van der Waals surface area (Å²) in [5.41, 5.74) is 5.93. The number of oxime groups is 1. The van der Waals surface area contributed by atoms with Crippen LogP contribution in [0.4, 0.5) is 4.39 Å². The molecule has 104 valence electrons. The number of amidine groups is 1. The van der Waals surface area contributed by atoms with Crippen molar-refractivity contribution in [1.29, 1.82) is 0 Å². The van der Waals surface area contributed by atoms with Crippen molar-refractivity contribution < 1.29 is 14.7 Å². The number of aliphatic hydroxyl groups is 1. The topological polar surface area (TPSA) is 90.9 Å². The predicted octanol–water partition coefficient (Wildman–Crippen LogP) is 0.782. The van der Waals surface area contributed by atoms with Gasteiger partial charge in [-0.1, -0.05) is 17.3 Å². The minimum atomic E-state index is -0.487. The monoisotopic (exact) mass is 267 g/mol. The van der Waals surface area contributed by atoms with Crippen molar-refractivity contribution in [2.45, 2.75) is 19.4 Å². The summed E-state index contributed by atoms with van der Waals surface area (Å²) in [6.07, 6.45) is 2.01. The zero-order valence-electron chi connectivity index (χ0n) is 10.6. The highest BCUT2D eigenvalue weighted by Crippen LogP contribution is 2.44. The Labute approximate surface area is 110 Å². The number of rotatable bonds is 6. The van der Waals surface area contributed by atoms with Crippen molar-refractivity contribution >= 4 is 5.84 Å². The highest BCUT2D eigenvalue weighted by atomic mass is 19.1. The van der Waals surface area contributed by atoms with Gasteiger partial charge in [0.15, 0.2) is 5.84 Å². The Bertz CT molecular complexity index is 487. The lowest BCUT2D eigenvalue weighted by Crippen LogP contribution is -2.26. The Hall–Kier alpha value is -1.66. The van der Waals surface area contributed by atoms with Gasteiger partial charge in [0.05, 0.1) is 5.56 Å². The summed E-state index contributed by atoms with van der Waals surface area (Å²) < 4.78 is 14.1. The lowest BCUT2D eigenvalue weighted by molar-refractivity contribution is 0.207. The van der Waals surface area contributed by atoms with Crippen LogP contribution in [0.15, 0.2) is 23.4 Å². The molecular weight excluding hydrogens is 249 g/mol. The molecule has 1 saturated carbocycles. The fraction of sp³-hybridized carbons (Fsp3) is 0.462. The number of halogens is 1. The number of hydrogen-bond acceptors (Lipinski definition) is 4. The molecule has 1 fully saturated rings. The lowest BCUT2D eigenvalue weighted by atomic mass is 10.1. The van der Waals surface area contributed by atoms with Gasteiger partial charge in [0.1, 0.15) is 5.82 Å². The first-order valence-corrected chi connectivity index (χ1v) is 6.19. The standard InChI is InChI=1S/C13H18FN3O2/c14-11-9(2-1-3-10(11)12(15)17-19)6-16-7-13(8-18)4-5-13/h1-3,16,18-19H,4-8H2,(H2,15,17). The number of nitrogens with zero attached hydrogens (tertiary/aromatic N) is 1. The number of aliphatic hydroxyl groups excluding tert-OH is 1. The first-order valence-electron chi connectivity index (χ1n) is 6.19. The van der Waals surface area contributed by atoms with E-state index in [-0.39, 0.29) is 23.4 Å². The van der Waals surface area contributed by atoms with Crippen molar-refractivity contribution in [2.75, 3.05) is 13.2 Å². The summed E-state index contributed by atoms with van der Waals surface area (Å²) in [6.45, 7) is 1.17. The number of benzene rings is 1. The molecule has 0 heterocycles. The van der Waals surface area contributed by atoms with Crippen LogP contribution in [0, 0.1) is 11.2 Å². The zero-order valence-corrected chi connectivity index (χ0v) is 10.6. The van der Waals surface area contributed by atoms with Crippen LogP contribution < -0.4 is 11.1 Å². The van der Waals surface area contributed by atoms with Crippen molar-refractivity contribution in [1.82, 2.24) is 5.32 Å². The third kappa shape index (κ3) is 3.02. The Balaban J connectivity index is 2.01. The molecule has 0 aliphatic heterocycles. The molecule has 0 amide bonds. The average Bonchev–Trinajstić information content (AvgIpc) is 3.20. The van der Waals surface area contributed by atoms with Crippen LogP contribution in [-0.2, 0) is 6.54 Å². The summed E-state index contributed by atoms with van der Waals surface area (Å²) >= 11 is 0. The largest absolute Gasteiger partial charge is 0.409 e. The summed E-state index contributed by atoms with van der Waals surface area (Å²) in [7, 11) is 0. The van der Waals surface area contributed by atoms with Crippen molar-refractivity contribution in [3.05, 3.63) is 35.1 Å². The molecule has 2 rings (SSSR count). The van der Waals surface area contributed by atoms with Gasteiger partial charge in [-0.3, -0.25) is 0 Å². The highest BCUT2D eigenvalue weighted by molar-refractivity contribution is 5.97. The highest BCUT2D eigenvalue weighted by Gasteiger charge is 2.41. The summed E-state index contributed by atoms with van der Waals surface area (Å²) in [5, 5.41) is 23.7. The van der Waals surface area contributed by atoms with Gasteiger partial charge in [0.2, 0.25) is 0 Å². The van der Waals surface area contributed by atoms with Crippen LogP contribution in [0.3, 0.4) is 0 Å². The van der Waals surface area contributed by atoms with E-state index in [9.17, 15) is 9.50 Å². The first-order chi connectivity index (χ1) is 9.12. The minimum absolute atomic E-state index is 0.0142. The molecule has 5 nitrogen and oxygen atoms in total. The molecule has 0 bridgehead atoms. The van der Waals surface area contributed by atoms with Gasteiger partial charge in [-0.05, 0) is 18.9 Å². The van der Waals surface area contributed by atoms with E-state index in [0.717, 1.165) is 12.8 Å². The van der Waals surface area contributed by atoms with Crippen LogP contribution >= 0.6 is 0 Å². The van der Waals surface area contributed by atoms with Crippen LogP contribution in [0.25, 0.3) is 0 Å². The summed E-state index contributed by atoms with van der Waals surface area (Å²) in [6, 6.07) is 4.77. The van der Waals surface area contributed by atoms with Crippen LogP contribution in [0.2, 0.25) is 0 Å². The number of nitrogens with one attached hydrogen (secondary N) is 1. The van der Waals surface area contributed by atoms with Gasteiger partial charge in [-0.15, -0.1) is 0 Å². The third-order valence-corrected chi connectivity index (χ3v) is 3.57. The SMILES string of the molecule is N/C(=N/O)c1cccc(CNCC2(CO)CC2)c1F. The van der Waals surface area contributed by atoms with Gasteiger partial charge in [0, 0.05) is 30.7 Å². The van der Waals surface area contributed by atoms with E-state index in [4.69, 9.17) is 10.9 Å². The van der Waals surface area contributed by atoms with Crippen LogP contribution in [-0.4, -0.2) is 29.3 Å². The van der Waals surface area contributed by atoms with Gasteiger partial charge in [0.25, 0.3) is 0 Å². The Morgan fingerprint density at radius 3 is 2.79 bits per heavy atom. The molecule has 0 unspecified atom stereocenters. The fourth-order valence-electron chi connectivity index (χ4n) is 2.00. The quantitative estimate of drug-likeness (QED) is 0.265. The fourth-order valence-corrected chi connectivity index (χ4v) is 2.00. The summed E-state index contributed by atoms with van der Waals surface area (Å²) in [4.78, 5) is 0. The lowest BCUT2D eigenvalue weighted by Gasteiger charge is -2.13.